The molecular formula is C15H22N2O2. The first kappa shape index (κ1) is 14.0. The first-order chi connectivity index (χ1) is 9.04. The van der Waals surface area contributed by atoms with Crippen molar-refractivity contribution in [2.45, 2.75) is 26.4 Å². The lowest BCUT2D eigenvalue weighted by atomic mass is 9.97. The van der Waals surface area contributed by atoms with Crippen LogP contribution < -0.4 is 5.32 Å². The van der Waals surface area contributed by atoms with Crippen molar-refractivity contribution in [3.8, 4) is 0 Å². The monoisotopic (exact) mass is 262 g/mol. The van der Waals surface area contributed by atoms with Crippen molar-refractivity contribution in [3.05, 3.63) is 29.8 Å². The average Bonchev–Trinajstić information content (AvgIpc) is 2.37. The van der Waals surface area contributed by atoms with Crippen LogP contribution in [0.3, 0.4) is 0 Å². The van der Waals surface area contributed by atoms with Crippen LogP contribution in [-0.2, 0) is 4.79 Å². The molecule has 1 fully saturated rings. The van der Waals surface area contributed by atoms with Gasteiger partial charge in [0.15, 0.2) is 0 Å². The molecule has 2 unspecified atom stereocenters. The second-order valence-electron chi connectivity index (χ2n) is 5.48. The highest BCUT2D eigenvalue weighted by atomic mass is 16.3. The Morgan fingerprint density at radius 1 is 1.42 bits per heavy atom. The summed E-state index contributed by atoms with van der Waals surface area (Å²) in [6.45, 7) is 6.00. The minimum absolute atomic E-state index is 0.00689. The van der Waals surface area contributed by atoms with Crippen molar-refractivity contribution in [3.63, 3.8) is 0 Å². The van der Waals surface area contributed by atoms with Gasteiger partial charge >= 0.3 is 0 Å². The van der Waals surface area contributed by atoms with Crippen LogP contribution in [0.5, 0.6) is 0 Å². The molecule has 1 saturated heterocycles. The highest BCUT2D eigenvalue weighted by Gasteiger charge is 2.25. The molecular weight excluding hydrogens is 240 g/mol. The van der Waals surface area contributed by atoms with E-state index < -0.39 is 0 Å². The first-order valence-corrected chi connectivity index (χ1v) is 6.81. The molecule has 0 spiro atoms. The third-order valence-corrected chi connectivity index (χ3v) is 3.65. The lowest BCUT2D eigenvalue weighted by molar-refractivity contribution is -0.118. The van der Waals surface area contributed by atoms with E-state index in [4.69, 9.17) is 0 Å². The summed E-state index contributed by atoms with van der Waals surface area (Å²) in [5.74, 6) is 0.244. The summed E-state index contributed by atoms with van der Waals surface area (Å²) < 4.78 is 0. The summed E-state index contributed by atoms with van der Waals surface area (Å²) in [7, 11) is 0. The largest absolute Gasteiger partial charge is 0.393 e. The van der Waals surface area contributed by atoms with E-state index in [1.807, 2.05) is 38.1 Å². The summed E-state index contributed by atoms with van der Waals surface area (Å²) in [6, 6.07) is 7.79. The number of nitrogens with zero attached hydrogens (tertiary/aromatic N) is 1. The molecule has 0 aliphatic carbocycles. The zero-order valence-corrected chi connectivity index (χ0v) is 11.6. The summed E-state index contributed by atoms with van der Waals surface area (Å²) in [5.41, 5.74) is 2.01. The topological polar surface area (TPSA) is 52.6 Å². The number of hydrogen-bond acceptors (Lipinski definition) is 3. The Balaban J connectivity index is 1.83. The molecule has 1 amide bonds. The van der Waals surface area contributed by atoms with Crippen molar-refractivity contribution in [1.29, 1.82) is 0 Å². The van der Waals surface area contributed by atoms with E-state index >= 15 is 0 Å². The van der Waals surface area contributed by atoms with Crippen LogP contribution in [-0.4, -0.2) is 41.7 Å². The Morgan fingerprint density at radius 2 is 2.11 bits per heavy atom. The fourth-order valence-electron chi connectivity index (χ4n) is 2.40. The lowest BCUT2D eigenvalue weighted by Crippen LogP contribution is -2.45. The predicted octanol–water partition coefficient (Wildman–Crippen LogP) is 1.64. The second-order valence-corrected chi connectivity index (χ2v) is 5.48. The molecule has 2 atom stereocenters. The normalized spacial score (nSPS) is 24.2. The fourth-order valence-corrected chi connectivity index (χ4v) is 2.40. The molecule has 2 rings (SSSR count). The van der Waals surface area contributed by atoms with Gasteiger partial charge in [-0.25, -0.2) is 0 Å². The van der Waals surface area contributed by atoms with Crippen LogP contribution in [0.25, 0.3) is 0 Å². The molecule has 1 aliphatic heterocycles. The number of aliphatic hydroxyl groups is 1. The van der Waals surface area contributed by atoms with Crippen LogP contribution in [0.2, 0.25) is 0 Å². The maximum atomic E-state index is 11.9. The van der Waals surface area contributed by atoms with E-state index in [0.29, 0.717) is 6.54 Å². The summed E-state index contributed by atoms with van der Waals surface area (Å²) >= 11 is 0. The van der Waals surface area contributed by atoms with E-state index in [9.17, 15) is 9.90 Å². The van der Waals surface area contributed by atoms with Crippen molar-refractivity contribution >= 4 is 11.6 Å². The molecule has 0 saturated carbocycles. The minimum atomic E-state index is -0.226. The Labute approximate surface area is 114 Å². The number of amides is 1. The Morgan fingerprint density at radius 3 is 2.74 bits per heavy atom. The van der Waals surface area contributed by atoms with Crippen LogP contribution in [0.4, 0.5) is 5.69 Å². The average molecular weight is 262 g/mol. The van der Waals surface area contributed by atoms with E-state index in [1.54, 1.807) is 0 Å². The molecule has 2 N–H and O–H groups in total. The maximum Gasteiger partial charge on any atom is 0.238 e. The SMILES string of the molecule is Cc1ccc(NC(=O)CN2CCC(O)C(C)C2)cc1. The Hall–Kier alpha value is -1.39. The molecule has 0 radical (unpaired) electrons. The number of likely N-dealkylation sites (tertiary alicyclic amines) is 1. The van der Waals surface area contributed by atoms with Crippen molar-refractivity contribution in [2.75, 3.05) is 25.0 Å². The van der Waals surface area contributed by atoms with Gasteiger partial charge in [0.1, 0.15) is 0 Å². The first-order valence-electron chi connectivity index (χ1n) is 6.81. The number of piperidine rings is 1. The smallest absolute Gasteiger partial charge is 0.238 e. The van der Waals surface area contributed by atoms with Gasteiger partial charge in [-0.1, -0.05) is 24.6 Å². The summed E-state index contributed by atoms with van der Waals surface area (Å²) in [4.78, 5) is 14.0. The lowest BCUT2D eigenvalue weighted by Gasteiger charge is -2.33. The van der Waals surface area contributed by atoms with Crippen molar-refractivity contribution in [1.82, 2.24) is 4.90 Å². The van der Waals surface area contributed by atoms with E-state index in [1.165, 1.54) is 5.56 Å². The number of anilines is 1. The Kier molecular flexibility index (Phi) is 4.56. The number of hydrogen-bond donors (Lipinski definition) is 2. The number of nitrogens with one attached hydrogen (secondary N) is 1. The molecule has 1 heterocycles. The molecule has 104 valence electrons. The van der Waals surface area contributed by atoms with Crippen LogP contribution in [0.15, 0.2) is 24.3 Å². The number of aryl methyl sites for hydroxylation is 1. The standard InChI is InChI=1S/C15H22N2O2/c1-11-3-5-13(6-4-11)16-15(19)10-17-8-7-14(18)12(2)9-17/h3-6,12,14,18H,7-10H2,1-2H3,(H,16,19). The third-order valence-electron chi connectivity index (χ3n) is 3.65. The van der Waals surface area contributed by atoms with Gasteiger partial charge in [0.05, 0.1) is 12.6 Å². The molecule has 1 aromatic rings. The van der Waals surface area contributed by atoms with E-state index in [0.717, 1.165) is 25.2 Å². The summed E-state index contributed by atoms with van der Waals surface area (Å²) in [6.07, 6.45) is 0.523. The van der Waals surface area contributed by atoms with Crippen molar-refractivity contribution in [2.24, 2.45) is 5.92 Å². The highest BCUT2D eigenvalue weighted by Crippen LogP contribution is 2.16. The van der Waals surface area contributed by atoms with Gasteiger partial charge in [-0.05, 0) is 31.4 Å². The van der Waals surface area contributed by atoms with Gasteiger partial charge in [0, 0.05) is 18.8 Å². The molecule has 1 aliphatic rings. The minimum Gasteiger partial charge on any atom is -0.393 e. The molecule has 4 nitrogen and oxygen atoms in total. The zero-order chi connectivity index (χ0) is 13.8. The fraction of sp³-hybridized carbons (Fsp3) is 0.533. The number of benzene rings is 1. The highest BCUT2D eigenvalue weighted by molar-refractivity contribution is 5.92. The molecule has 19 heavy (non-hydrogen) atoms. The van der Waals surface area contributed by atoms with E-state index in [2.05, 4.69) is 10.2 Å². The van der Waals surface area contributed by atoms with Gasteiger partial charge in [0.2, 0.25) is 5.91 Å². The van der Waals surface area contributed by atoms with Crippen LogP contribution >= 0.6 is 0 Å². The van der Waals surface area contributed by atoms with Crippen LogP contribution in [0, 0.1) is 12.8 Å². The van der Waals surface area contributed by atoms with Gasteiger partial charge in [-0.15, -0.1) is 0 Å². The number of carbonyl (C=O) groups is 1. The number of aliphatic hydroxyl groups excluding tert-OH is 1. The molecule has 0 bridgehead atoms. The molecule has 0 aromatic heterocycles. The third kappa shape index (κ3) is 4.04. The van der Waals surface area contributed by atoms with E-state index in [-0.39, 0.29) is 17.9 Å². The zero-order valence-electron chi connectivity index (χ0n) is 11.6. The van der Waals surface area contributed by atoms with Crippen molar-refractivity contribution < 1.29 is 9.90 Å². The Bertz CT molecular complexity index is 430. The second kappa shape index (κ2) is 6.17. The molecule has 4 heteroatoms. The number of rotatable bonds is 3. The quantitative estimate of drug-likeness (QED) is 0.870. The maximum absolute atomic E-state index is 11.9. The number of carbonyl (C=O) groups excluding carboxylic acids is 1. The van der Waals surface area contributed by atoms with Gasteiger partial charge in [-0.3, -0.25) is 9.69 Å². The molecule has 1 aromatic carbocycles. The van der Waals surface area contributed by atoms with Gasteiger partial charge < -0.3 is 10.4 Å². The summed E-state index contributed by atoms with van der Waals surface area (Å²) in [5, 5.41) is 12.6. The predicted molar refractivity (Wildman–Crippen MR) is 76.0 cm³/mol. The van der Waals surface area contributed by atoms with Gasteiger partial charge in [0.25, 0.3) is 0 Å². The van der Waals surface area contributed by atoms with Gasteiger partial charge in [-0.2, -0.15) is 0 Å². The van der Waals surface area contributed by atoms with Crippen LogP contribution in [0.1, 0.15) is 18.9 Å².